The summed E-state index contributed by atoms with van der Waals surface area (Å²) in [6, 6.07) is 8.82. The number of rotatable bonds is 7. The van der Waals surface area contributed by atoms with Gasteiger partial charge < -0.3 is 28.4 Å². The second kappa shape index (κ2) is 11.5. The Labute approximate surface area is 180 Å². The van der Waals surface area contributed by atoms with Crippen molar-refractivity contribution in [3.05, 3.63) is 30.3 Å². The van der Waals surface area contributed by atoms with Gasteiger partial charge in [-0.05, 0) is 20.8 Å². The molecule has 0 aromatic heterocycles. The van der Waals surface area contributed by atoms with Gasteiger partial charge in [-0.15, -0.1) is 0 Å². The van der Waals surface area contributed by atoms with E-state index in [1.165, 1.54) is 0 Å². The van der Waals surface area contributed by atoms with Crippen molar-refractivity contribution in [1.29, 1.82) is 0 Å². The summed E-state index contributed by atoms with van der Waals surface area (Å²) in [4.78, 5) is 0. The fourth-order valence-electron chi connectivity index (χ4n) is 2.42. The number of benzene rings is 2. The Bertz CT molecular complexity index is 764. The standard InChI is InChI=1S/C13H20O4P.C9H12O3/c1-13(2,3)18(14)12-10(16-5)7-9(15-4)8-11(12)17-6;1-10-7-4-8(11-2)6-9(5-7)12-3/h7-8H,1-6H3;4-6H,1-3H3/q+1;. The molecule has 0 radical (unpaired) electrons. The molecule has 2 aromatic rings. The van der Waals surface area contributed by atoms with Crippen molar-refractivity contribution >= 4 is 13.1 Å². The average molecular weight is 439 g/mol. The van der Waals surface area contributed by atoms with E-state index in [1.54, 1.807) is 73.0 Å². The van der Waals surface area contributed by atoms with E-state index >= 15 is 0 Å². The highest BCUT2D eigenvalue weighted by Crippen LogP contribution is 2.44. The highest BCUT2D eigenvalue weighted by molar-refractivity contribution is 7.55. The number of hydrogen-bond acceptors (Lipinski definition) is 7. The topological polar surface area (TPSA) is 72.5 Å². The Morgan fingerprint density at radius 2 is 0.867 bits per heavy atom. The summed E-state index contributed by atoms with van der Waals surface area (Å²) < 4.78 is 43.5. The van der Waals surface area contributed by atoms with Crippen LogP contribution in [0.15, 0.2) is 30.3 Å². The minimum Gasteiger partial charge on any atom is -0.496 e. The molecule has 0 heterocycles. The van der Waals surface area contributed by atoms with E-state index < -0.39 is 7.80 Å². The molecule has 0 saturated heterocycles. The molecule has 1 unspecified atom stereocenters. The summed E-state index contributed by atoms with van der Waals surface area (Å²) in [5.74, 6) is 3.86. The molecule has 0 aliphatic rings. The minimum absolute atomic E-state index is 0.357. The van der Waals surface area contributed by atoms with Crippen LogP contribution in [0.25, 0.3) is 0 Å². The predicted molar refractivity (Wildman–Crippen MR) is 119 cm³/mol. The van der Waals surface area contributed by atoms with E-state index in [2.05, 4.69) is 0 Å². The van der Waals surface area contributed by atoms with Gasteiger partial charge in [0.2, 0.25) is 0 Å². The molecular formula is C22H32O7P+. The molecule has 0 N–H and O–H groups in total. The van der Waals surface area contributed by atoms with Gasteiger partial charge in [-0.1, -0.05) is 4.57 Å². The fraction of sp³-hybridized carbons (Fsp3) is 0.455. The Morgan fingerprint density at radius 1 is 0.567 bits per heavy atom. The molecule has 8 heteroatoms. The van der Waals surface area contributed by atoms with Crippen molar-refractivity contribution in [3.63, 3.8) is 0 Å². The molecule has 7 nitrogen and oxygen atoms in total. The number of methoxy groups -OCH3 is 6. The molecule has 0 spiro atoms. The third kappa shape index (κ3) is 6.70. The van der Waals surface area contributed by atoms with Crippen molar-refractivity contribution in [1.82, 2.24) is 0 Å². The molecular weight excluding hydrogens is 407 g/mol. The zero-order valence-corrected chi connectivity index (χ0v) is 20.1. The van der Waals surface area contributed by atoms with E-state index in [1.807, 2.05) is 20.8 Å². The zero-order valence-electron chi connectivity index (χ0n) is 19.2. The summed E-state index contributed by atoms with van der Waals surface area (Å²) in [5.41, 5.74) is 0. The predicted octanol–water partition coefficient (Wildman–Crippen LogP) is 4.68. The highest BCUT2D eigenvalue weighted by Gasteiger charge is 2.42. The van der Waals surface area contributed by atoms with E-state index in [0.717, 1.165) is 17.2 Å². The normalized spacial score (nSPS) is 10.9. The SMILES string of the molecule is COc1cc(OC)c([P+](=O)C(C)(C)C)c(OC)c1.COc1cc(OC)cc(OC)c1. The molecule has 2 aromatic carbocycles. The maximum absolute atomic E-state index is 12.6. The monoisotopic (exact) mass is 439 g/mol. The van der Waals surface area contributed by atoms with Crippen molar-refractivity contribution in [2.24, 2.45) is 0 Å². The van der Waals surface area contributed by atoms with Gasteiger partial charge >= 0.3 is 7.80 Å². The first-order valence-corrected chi connectivity index (χ1v) is 10.5. The lowest BCUT2D eigenvalue weighted by Gasteiger charge is -2.12. The highest BCUT2D eigenvalue weighted by atomic mass is 31.1. The Kier molecular flexibility index (Phi) is 9.73. The van der Waals surface area contributed by atoms with Crippen LogP contribution in [-0.4, -0.2) is 47.8 Å². The maximum atomic E-state index is 12.6. The third-order valence-corrected chi connectivity index (χ3v) is 6.13. The third-order valence-electron chi connectivity index (χ3n) is 4.06. The van der Waals surface area contributed by atoms with Crippen molar-refractivity contribution in [3.8, 4) is 34.5 Å². The van der Waals surface area contributed by atoms with Crippen LogP contribution in [0, 0.1) is 0 Å². The van der Waals surface area contributed by atoms with Crippen LogP contribution in [0.3, 0.4) is 0 Å². The molecule has 0 fully saturated rings. The van der Waals surface area contributed by atoms with Crippen LogP contribution < -0.4 is 33.7 Å². The Morgan fingerprint density at radius 3 is 1.10 bits per heavy atom. The van der Waals surface area contributed by atoms with Gasteiger partial charge in [-0.3, -0.25) is 0 Å². The molecule has 1 atom stereocenters. The lowest BCUT2D eigenvalue weighted by molar-refractivity contribution is 0.375. The fourth-order valence-corrected chi connectivity index (χ4v) is 3.80. The largest absolute Gasteiger partial charge is 0.496 e. The summed E-state index contributed by atoms with van der Waals surface area (Å²) >= 11 is 0. The van der Waals surface area contributed by atoms with Crippen LogP contribution in [0.5, 0.6) is 34.5 Å². The van der Waals surface area contributed by atoms with E-state index in [9.17, 15) is 4.57 Å². The smallest absolute Gasteiger partial charge is 0.390 e. The molecule has 0 saturated carbocycles. The first kappa shape index (κ1) is 25.4. The molecule has 0 bridgehead atoms. The van der Waals surface area contributed by atoms with Gasteiger partial charge in [0.25, 0.3) is 5.30 Å². The van der Waals surface area contributed by atoms with Crippen molar-refractivity contribution in [2.75, 3.05) is 42.7 Å². The van der Waals surface area contributed by atoms with Gasteiger partial charge in [-0.25, -0.2) is 0 Å². The quantitative estimate of drug-likeness (QED) is 0.580. The summed E-state index contributed by atoms with van der Waals surface area (Å²) in [7, 11) is 7.83. The minimum atomic E-state index is -1.64. The Hall–Kier alpha value is -2.66. The van der Waals surface area contributed by atoms with Crippen LogP contribution in [0.1, 0.15) is 20.8 Å². The van der Waals surface area contributed by atoms with Gasteiger partial charge in [0, 0.05) is 30.3 Å². The van der Waals surface area contributed by atoms with Gasteiger partial charge in [-0.2, -0.15) is 0 Å². The number of hydrogen-bond donors (Lipinski definition) is 0. The molecule has 2 rings (SSSR count). The first-order chi connectivity index (χ1) is 14.1. The van der Waals surface area contributed by atoms with E-state index in [0.29, 0.717) is 22.6 Å². The lowest BCUT2D eigenvalue weighted by Crippen LogP contribution is -2.18. The van der Waals surface area contributed by atoms with Crippen LogP contribution in [-0.2, 0) is 4.57 Å². The van der Waals surface area contributed by atoms with Gasteiger partial charge in [0.05, 0.1) is 42.7 Å². The average Bonchev–Trinajstić information content (AvgIpc) is 2.76. The van der Waals surface area contributed by atoms with Gasteiger partial charge in [0.1, 0.15) is 23.0 Å². The second-order valence-electron chi connectivity index (χ2n) is 7.10. The summed E-state index contributed by atoms with van der Waals surface area (Å²) in [5, 5.41) is 0.244. The molecule has 0 aliphatic heterocycles. The van der Waals surface area contributed by atoms with E-state index in [-0.39, 0.29) is 5.16 Å². The van der Waals surface area contributed by atoms with E-state index in [4.69, 9.17) is 28.4 Å². The molecule has 166 valence electrons. The van der Waals surface area contributed by atoms with Crippen LogP contribution in [0.2, 0.25) is 0 Å². The second-order valence-corrected chi connectivity index (χ2v) is 9.48. The zero-order chi connectivity index (χ0) is 22.9. The van der Waals surface area contributed by atoms with Crippen molar-refractivity contribution in [2.45, 2.75) is 25.9 Å². The summed E-state index contributed by atoms with van der Waals surface area (Å²) in [6.07, 6.45) is 0. The Balaban J connectivity index is 0.000000325. The molecule has 30 heavy (non-hydrogen) atoms. The first-order valence-electron chi connectivity index (χ1n) is 9.19. The van der Waals surface area contributed by atoms with Gasteiger partial charge in [0.15, 0.2) is 16.7 Å². The summed E-state index contributed by atoms with van der Waals surface area (Å²) in [6.45, 7) is 5.78. The number of ether oxygens (including phenoxy) is 6. The molecule has 0 aliphatic carbocycles. The van der Waals surface area contributed by atoms with Crippen LogP contribution >= 0.6 is 7.80 Å². The lowest BCUT2D eigenvalue weighted by atomic mass is 10.2. The van der Waals surface area contributed by atoms with Crippen molar-refractivity contribution < 1.29 is 33.0 Å². The van der Waals surface area contributed by atoms with Crippen LogP contribution in [0.4, 0.5) is 0 Å². The molecule has 0 amide bonds. The maximum Gasteiger partial charge on any atom is 0.390 e.